The summed E-state index contributed by atoms with van der Waals surface area (Å²) in [6.07, 6.45) is 11.4. The zero-order valence-electron chi connectivity index (χ0n) is 27.2. The number of nitrogens with one attached hydrogen (secondary N) is 1. The molecule has 0 aliphatic rings. The minimum atomic E-state index is -0.617. The van der Waals surface area contributed by atoms with Gasteiger partial charge < -0.3 is 25.1 Å². The minimum Gasteiger partial charge on any atom is -0.490 e. The first kappa shape index (κ1) is 32.0. The molecular weight excluding hydrogens is 602 g/mol. The number of aryl methyl sites for hydroxylation is 1. The fourth-order valence-corrected chi connectivity index (χ4v) is 5.29. The van der Waals surface area contributed by atoms with Crippen LogP contribution < -0.4 is 15.8 Å². The molecular formula is C38H37N7O3. The van der Waals surface area contributed by atoms with Crippen molar-refractivity contribution in [2.45, 2.75) is 51.8 Å². The molecule has 4 aromatic heterocycles. The summed E-state index contributed by atoms with van der Waals surface area (Å²) in [5.41, 5.74) is 10.0. The number of imidazole rings is 1. The molecule has 0 fully saturated rings. The van der Waals surface area contributed by atoms with Crippen molar-refractivity contribution in [3.63, 3.8) is 0 Å². The summed E-state index contributed by atoms with van der Waals surface area (Å²) in [5.74, 6) is 7.38. The molecule has 4 heterocycles. The number of ether oxygens (including phenoxy) is 2. The molecule has 0 bridgehead atoms. The average molecular weight is 640 g/mol. The second-order valence-electron chi connectivity index (χ2n) is 12.4. The van der Waals surface area contributed by atoms with E-state index in [1.807, 2.05) is 92.2 Å². The van der Waals surface area contributed by atoms with Gasteiger partial charge in [-0.25, -0.2) is 14.8 Å². The number of fused-ring (bicyclic) bond motifs is 3. The van der Waals surface area contributed by atoms with Crippen LogP contribution in [0.1, 0.15) is 38.3 Å². The van der Waals surface area contributed by atoms with E-state index in [1.165, 1.54) is 0 Å². The van der Waals surface area contributed by atoms with Gasteiger partial charge in [0.25, 0.3) is 0 Å². The number of alkyl carbamates (subject to hydrolysis) is 1. The highest BCUT2D eigenvalue weighted by molar-refractivity contribution is 6.09. The van der Waals surface area contributed by atoms with Crippen molar-refractivity contribution in [1.82, 2.24) is 29.8 Å². The number of aromatic nitrogens is 5. The van der Waals surface area contributed by atoms with Gasteiger partial charge in [-0.1, -0.05) is 48.2 Å². The molecule has 0 aliphatic heterocycles. The third-order valence-corrected chi connectivity index (χ3v) is 7.50. The number of hydrogen-bond acceptors (Lipinski definition) is 8. The SMILES string of the molecule is CC(C)(C)OC(=O)N[C@H](COc1cncc(-c2cc3c(cnc4cc(C#CCCn5ccnc5)ccc43)c(N)n2)c1)Cc1ccccc1. The summed E-state index contributed by atoms with van der Waals surface area (Å²) in [6.45, 7) is 6.49. The Balaban J connectivity index is 1.21. The van der Waals surface area contributed by atoms with Gasteiger partial charge in [0.15, 0.2) is 0 Å². The van der Waals surface area contributed by atoms with E-state index in [-0.39, 0.29) is 12.6 Å². The lowest BCUT2D eigenvalue weighted by Gasteiger charge is -2.24. The molecule has 48 heavy (non-hydrogen) atoms. The molecule has 242 valence electrons. The van der Waals surface area contributed by atoms with Gasteiger partial charge in [0, 0.05) is 59.7 Å². The standard InChI is InChI=1S/C38H37N7O3/c1-38(2,3)48-37(46)43-29(17-26-9-5-4-6-10-26)24-47-30-19-28(21-41-22-30)34-20-32-31-13-12-27(11-7-8-15-45-16-14-40-25-45)18-35(31)42-23-33(32)36(39)44-34/h4-6,9-10,12-14,16,18-23,25,29H,8,15,17,24H2,1-3H3,(H2,39,44)(H,43,46)/t29-/m0/s1. The van der Waals surface area contributed by atoms with Gasteiger partial charge in [0.2, 0.25) is 0 Å². The number of carbonyl (C=O) groups excluding carboxylic acids is 1. The Labute approximate surface area is 279 Å². The fourth-order valence-electron chi connectivity index (χ4n) is 5.29. The highest BCUT2D eigenvalue weighted by atomic mass is 16.6. The van der Waals surface area contributed by atoms with Crippen molar-refractivity contribution >= 4 is 33.6 Å². The topological polar surface area (TPSA) is 130 Å². The lowest BCUT2D eigenvalue weighted by Crippen LogP contribution is -2.43. The van der Waals surface area contributed by atoms with Crippen LogP contribution in [0.2, 0.25) is 0 Å². The Kier molecular flexibility index (Phi) is 9.48. The van der Waals surface area contributed by atoms with Gasteiger partial charge in [0.05, 0.1) is 29.8 Å². The molecule has 0 spiro atoms. The minimum absolute atomic E-state index is 0.206. The highest BCUT2D eigenvalue weighted by Crippen LogP contribution is 2.32. The number of hydrogen-bond donors (Lipinski definition) is 2. The van der Waals surface area contributed by atoms with Crippen molar-refractivity contribution in [3.8, 4) is 28.8 Å². The normalized spacial score (nSPS) is 11.9. The van der Waals surface area contributed by atoms with E-state index >= 15 is 0 Å². The first-order valence-corrected chi connectivity index (χ1v) is 15.8. The van der Waals surface area contributed by atoms with Crippen molar-refractivity contribution in [1.29, 1.82) is 0 Å². The first-order chi connectivity index (χ1) is 23.2. The molecule has 6 aromatic rings. The molecule has 0 aliphatic carbocycles. The molecule has 0 saturated heterocycles. The van der Waals surface area contributed by atoms with E-state index in [9.17, 15) is 4.79 Å². The lowest BCUT2D eigenvalue weighted by molar-refractivity contribution is 0.0487. The number of nitrogens with zero attached hydrogens (tertiary/aromatic N) is 5. The van der Waals surface area contributed by atoms with Crippen LogP contribution >= 0.6 is 0 Å². The summed E-state index contributed by atoms with van der Waals surface area (Å²) in [5, 5.41) is 5.60. The quantitative estimate of drug-likeness (QED) is 0.134. The summed E-state index contributed by atoms with van der Waals surface area (Å²) in [7, 11) is 0. The van der Waals surface area contributed by atoms with Crippen molar-refractivity contribution in [3.05, 3.63) is 109 Å². The van der Waals surface area contributed by atoms with Crippen LogP contribution in [-0.2, 0) is 17.7 Å². The van der Waals surface area contributed by atoms with Gasteiger partial charge in [-0.05, 0) is 62.4 Å². The van der Waals surface area contributed by atoms with E-state index in [4.69, 9.17) is 15.2 Å². The number of nitrogens with two attached hydrogens (primary N) is 1. The first-order valence-electron chi connectivity index (χ1n) is 15.8. The maximum Gasteiger partial charge on any atom is 0.408 e. The third-order valence-electron chi connectivity index (χ3n) is 7.50. The molecule has 0 saturated carbocycles. The van der Waals surface area contributed by atoms with E-state index in [2.05, 4.69) is 37.1 Å². The van der Waals surface area contributed by atoms with E-state index in [0.29, 0.717) is 23.7 Å². The van der Waals surface area contributed by atoms with Crippen molar-refractivity contribution in [2.75, 3.05) is 12.3 Å². The Morgan fingerprint density at radius 2 is 1.85 bits per heavy atom. The summed E-state index contributed by atoms with van der Waals surface area (Å²) in [6, 6.07) is 19.5. The van der Waals surface area contributed by atoms with Gasteiger partial charge >= 0.3 is 6.09 Å². The second-order valence-corrected chi connectivity index (χ2v) is 12.4. The maximum atomic E-state index is 12.6. The van der Waals surface area contributed by atoms with E-state index < -0.39 is 11.7 Å². The summed E-state index contributed by atoms with van der Waals surface area (Å²) in [4.78, 5) is 30.4. The monoisotopic (exact) mass is 639 g/mol. The second kappa shape index (κ2) is 14.2. The van der Waals surface area contributed by atoms with Crippen LogP contribution in [0.5, 0.6) is 5.75 Å². The molecule has 1 atom stereocenters. The van der Waals surface area contributed by atoms with Gasteiger partial charge in [-0.2, -0.15) is 0 Å². The molecule has 3 N–H and O–H groups in total. The summed E-state index contributed by atoms with van der Waals surface area (Å²) < 4.78 is 13.7. The number of pyridine rings is 3. The van der Waals surface area contributed by atoms with Gasteiger partial charge in [0.1, 0.15) is 23.8 Å². The van der Waals surface area contributed by atoms with Crippen LogP contribution in [0, 0.1) is 11.8 Å². The number of rotatable bonds is 9. The van der Waals surface area contributed by atoms with Gasteiger partial charge in [-0.3, -0.25) is 9.97 Å². The smallest absolute Gasteiger partial charge is 0.408 e. The van der Waals surface area contributed by atoms with Crippen molar-refractivity contribution in [2.24, 2.45) is 0 Å². The maximum absolute atomic E-state index is 12.6. The van der Waals surface area contributed by atoms with Crippen LogP contribution in [0.4, 0.5) is 10.6 Å². The number of anilines is 1. The molecule has 10 heteroatoms. The van der Waals surface area contributed by atoms with Crippen LogP contribution in [-0.4, -0.2) is 48.8 Å². The molecule has 6 rings (SSSR count). The van der Waals surface area contributed by atoms with Crippen LogP contribution in [0.15, 0.2) is 98.0 Å². The predicted octanol–water partition coefficient (Wildman–Crippen LogP) is 6.58. The predicted molar refractivity (Wildman–Crippen MR) is 187 cm³/mol. The Hall–Kier alpha value is -5.95. The molecule has 1 amide bonds. The highest BCUT2D eigenvalue weighted by Gasteiger charge is 2.21. The van der Waals surface area contributed by atoms with Crippen LogP contribution in [0.3, 0.4) is 0 Å². The van der Waals surface area contributed by atoms with Crippen molar-refractivity contribution < 1.29 is 14.3 Å². The fraction of sp³-hybridized carbons (Fsp3) is 0.237. The zero-order chi connectivity index (χ0) is 33.5. The molecule has 2 aromatic carbocycles. The number of benzene rings is 2. The number of carbonyl (C=O) groups is 1. The number of amides is 1. The lowest BCUT2D eigenvalue weighted by atomic mass is 10.0. The average Bonchev–Trinajstić information content (AvgIpc) is 3.59. The molecule has 0 unspecified atom stereocenters. The Morgan fingerprint density at radius 3 is 2.65 bits per heavy atom. The Morgan fingerprint density at radius 1 is 1.00 bits per heavy atom. The molecule has 10 nitrogen and oxygen atoms in total. The van der Waals surface area contributed by atoms with E-state index in [0.717, 1.165) is 51.3 Å². The van der Waals surface area contributed by atoms with Gasteiger partial charge in [-0.15, -0.1) is 0 Å². The van der Waals surface area contributed by atoms with E-state index in [1.54, 1.807) is 31.1 Å². The molecule has 0 radical (unpaired) electrons. The zero-order valence-corrected chi connectivity index (χ0v) is 27.2. The van der Waals surface area contributed by atoms with Crippen LogP contribution in [0.25, 0.3) is 32.9 Å². The number of nitrogen functional groups attached to an aromatic ring is 1. The largest absolute Gasteiger partial charge is 0.490 e. The Bertz CT molecular complexity index is 2100. The third kappa shape index (κ3) is 8.25. The summed E-state index contributed by atoms with van der Waals surface area (Å²) >= 11 is 0.